The van der Waals surface area contributed by atoms with Crippen LogP contribution in [-0.2, 0) is 14.3 Å². The molecule has 1 saturated carbocycles. The van der Waals surface area contributed by atoms with Gasteiger partial charge in [0.25, 0.3) is 0 Å². The van der Waals surface area contributed by atoms with Crippen molar-refractivity contribution in [3.63, 3.8) is 0 Å². The molecule has 1 atom stereocenters. The molecule has 0 amide bonds. The first-order chi connectivity index (χ1) is 6.29. The number of methoxy groups -OCH3 is 1. The Balaban J connectivity index is 2.76. The van der Waals surface area contributed by atoms with Crippen LogP contribution in [0.25, 0.3) is 0 Å². The fourth-order valence-corrected chi connectivity index (χ4v) is 2.42. The van der Waals surface area contributed by atoms with E-state index in [1.165, 1.54) is 7.11 Å². The zero-order valence-electron chi connectivity index (χ0n) is 9.35. The number of ketones is 1. The van der Waals surface area contributed by atoms with Gasteiger partial charge >= 0.3 is 5.97 Å². The van der Waals surface area contributed by atoms with E-state index in [2.05, 4.69) is 18.6 Å². The van der Waals surface area contributed by atoms with E-state index in [4.69, 9.17) is 0 Å². The molecule has 14 heavy (non-hydrogen) atoms. The van der Waals surface area contributed by atoms with E-state index < -0.39 is 5.41 Å². The van der Waals surface area contributed by atoms with E-state index in [1.807, 2.05) is 6.92 Å². The average Bonchev–Trinajstić information content (AvgIpc) is 2.20. The molecule has 0 N–H and O–H groups in total. The van der Waals surface area contributed by atoms with Gasteiger partial charge in [0.1, 0.15) is 5.78 Å². The smallest absolute Gasteiger partial charge is 0.306 e. The monoisotopic (exact) mass is 198 g/mol. The number of carbonyl (C=O) groups excluding carboxylic acids is 2. The molecular weight excluding hydrogens is 180 g/mol. The Kier molecular flexibility index (Phi) is 2.70. The molecule has 3 heteroatoms. The van der Waals surface area contributed by atoms with Crippen molar-refractivity contribution < 1.29 is 14.3 Å². The van der Waals surface area contributed by atoms with Crippen LogP contribution in [0.2, 0.25) is 0 Å². The van der Waals surface area contributed by atoms with Gasteiger partial charge in [-0.05, 0) is 11.8 Å². The number of esters is 1. The molecule has 1 unspecified atom stereocenters. The highest BCUT2D eigenvalue weighted by molar-refractivity contribution is 5.91. The normalized spacial score (nSPS) is 30.4. The Morgan fingerprint density at radius 3 is 2.36 bits per heavy atom. The quantitative estimate of drug-likeness (QED) is 0.637. The number of rotatable bonds is 2. The standard InChI is InChI=1S/C11H18O3/c1-10(2)5-8(12)11(3,7-10)6-9(13)14-4/h5-7H2,1-4H3. The summed E-state index contributed by atoms with van der Waals surface area (Å²) in [6.45, 7) is 5.99. The molecule has 0 aromatic carbocycles. The van der Waals surface area contributed by atoms with Crippen molar-refractivity contribution in [1.82, 2.24) is 0 Å². The van der Waals surface area contributed by atoms with Crippen LogP contribution in [0.3, 0.4) is 0 Å². The second kappa shape index (κ2) is 3.37. The summed E-state index contributed by atoms with van der Waals surface area (Å²) in [5.74, 6) is -0.105. The fraction of sp³-hybridized carbons (Fsp3) is 0.818. The van der Waals surface area contributed by atoms with E-state index >= 15 is 0 Å². The summed E-state index contributed by atoms with van der Waals surface area (Å²) in [6, 6.07) is 0. The third-order valence-corrected chi connectivity index (χ3v) is 2.94. The summed E-state index contributed by atoms with van der Waals surface area (Å²) in [7, 11) is 1.36. The largest absolute Gasteiger partial charge is 0.469 e. The molecule has 80 valence electrons. The Labute approximate surface area is 84.8 Å². The van der Waals surface area contributed by atoms with Crippen LogP contribution >= 0.6 is 0 Å². The van der Waals surface area contributed by atoms with Crippen LogP contribution in [0.4, 0.5) is 0 Å². The Morgan fingerprint density at radius 1 is 1.43 bits per heavy atom. The number of Topliss-reactive ketones (excluding diaryl/α,β-unsaturated/α-hetero) is 1. The summed E-state index contributed by atoms with van der Waals surface area (Å²) >= 11 is 0. The van der Waals surface area contributed by atoms with Gasteiger partial charge in [0, 0.05) is 11.8 Å². The van der Waals surface area contributed by atoms with Gasteiger partial charge in [0.2, 0.25) is 0 Å². The first kappa shape index (κ1) is 11.2. The minimum absolute atomic E-state index is 0.0276. The molecule has 1 aliphatic rings. The summed E-state index contributed by atoms with van der Waals surface area (Å²) in [5, 5.41) is 0. The predicted octanol–water partition coefficient (Wildman–Crippen LogP) is 1.94. The highest BCUT2D eigenvalue weighted by atomic mass is 16.5. The van der Waals surface area contributed by atoms with Gasteiger partial charge in [-0.3, -0.25) is 9.59 Å². The van der Waals surface area contributed by atoms with Gasteiger partial charge in [0.05, 0.1) is 13.5 Å². The lowest BCUT2D eigenvalue weighted by Crippen LogP contribution is -2.26. The van der Waals surface area contributed by atoms with Gasteiger partial charge < -0.3 is 4.74 Å². The van der Waals surface area contributed by atoms with Crippen LogP contribution in [0, 0.1) is 10.8 Å². The van der Waals surface area contributed by atoms with Crippen molar-refractivity contribution in [2.75, 3.05) is 7.11 Å². The third kappa shape index (κ3) is 2.14. The zero-order valence-corrected chi connectivity index (χ0v) is 9.35. The summed E-state index contributed by atoms with van der Waals surface area (Å²) in [6.07, 6.45) is 1.56. The molecule has 0 heterocycles. The number of ether oxygens (including phenoxy) is 1. The minimum Gasteiger partial charge on any atom is -0.469 e. The number of carbonyl (C=O) groups is 2. The first-order valence-corrected chi connectivity index (χ1v) is 4.89. The lowest BCUT2D eigenvalue weighted by atomic mass is 9.80. The van der Waals surface area contributed by atoms with E-state index in [0.29, 0.717) is 6.42 Å². The van der Waals surface area contributed by atoms with Crippen molar-refractivity contribution in [1.29, 1.82) is 0 Å². The lowest BCUT2D eigenvalue weighted by Gasteiger charge is -2.23. The molecule has 0 aromatic heterocycles. The molecular formula is C11H18O3. The highest BCUT2D eigenvalue weighted by Gasteiger charge is 2.48. The Morgan fingerprint density at radius 2 is 2.00 bits per heavy atom. The maximum absolute atomic E-state index is 11.8. The molecule has 0 radical (unpaired) electrons. The van der Waals surface area contributed by atoms with Crippen molar-refractivity contribution >= 4 is 11.8 Å². The predicted molar refractivity (Wildman–Crippen MR) is 52.8 cm³/mol. The van der Waals surface area contributed by atoms with Gasteiger partial charge in [0.15, 0.2) is 0 Å². The second-order valence-corrected chi connectivity index (χ2v) is 5.25. The summed E-state index contributed by atoms with van der Waals surface area (Å²) in [4.78, 5) is 22.9. The van der Waals surface area contributed by atoms with Crippen molar-refractivity contribution in [3.05, 3.63) is 0 Å². The van der Waals surface area contributed by atoms with Gasteiger partial charge in [-0.2, -0.15) is 0 Å². The second-order valence-electron chi connectivity index (χ2n) is 5.25. The highest BCUT2D eigenvalue weighted by Crippen LogP contribution is 2.48. The van der Waals surface area contributed by atoms with Crippen molar-refractivity contribution in [3.8, 4) is 0 Å². The molecule has 0 aromatic rings. The van der Waals surface area contributed by atoms with Gasteiger partial charge in [-0.25, -0.2) is 0 Å². The lowest BCUT2D eigenvalue weighted by molar-refractivity contribution is -0.146. The van der Waals surface area contributed by atoms with E-state index in [9.17, 15) is 9.59 Å². The molecule has 1 rings (SSSR count). The molecule has 1 aliphatic carbocycles. The Bertz CT molecular complexity index is 268. The maximum Gasteiger partial charge on any atom is 0.306 e. The summed E-state index contributed by atoms with van der Waals surface area (Å²) in [5.41, 5.74) is -0.476. The molecule has 0 bridgehead atoms. The molecule has 3 nitrogen and oxygen atoms in total. The fourth-order valence-electron chi connectivity index (χ4n) is 2.42. The molecule has 1 fully saturated rings. The maximum atomic E-state index is 11.8. The third-order valence-electron chi connectivity index (χ3n) is 2.94. The first-order valence-electron chi connectivity index (χ1n) is 4.89. The Hall–Kier alpha value is -0.860. The van der Waals surface area contributed by atoms with Crippen LogP contribution in [0.1, 0.15) is 40.0 Å². The molecule has 0 spiro atoms. The van der Waals surface area contributed by atoms with Crippen molar-refractivity contribution in [2.24, 2.45) is 10.8 Å². The van der Waals surface area contributed by atoms with E-state index in [-0.39, 0.29) is 23.6 Å². The number of hydrogen-bond acceptors (Lipinski definition) is 3. The minimum atomic E-state index is -0.503. The van der Waals surface area contributed by atoms with Gasteiger partial charge in [-0.1, -0.05) is 20.8 Å². The summed E-state index contributed by atoms with van der Waals surface area (Å²) < 4.78 is 4.60. The van der Waals surface area contributed by atoms with Gasteiger partial charge in [-0.15, -0.1) is 0 Å². The topological polar surface area (TPSA) is 43.4 Å². The average molecular weight is 198 g/mol. The van der Waals surface area contributed by atoms with Crippen LogP contribution in [-0.4, -0.2) is 18.9 Å². The molecule has 0 saturated heterocycles. The van der Waals surface area contributed by atoms with Crippen LogP contribution in [0.5, 0.6) is 0 Å². The van der Waals surface area contributed by atoms with Crippen molar-refractivity contribution in [2.45, 2.75) is 40.0 Å². The van der Waals surface area contributed by atoms with E-state index in [1.54, 1.807) is 0 Å². The van der Waals surface area contributed by atoms with Crippen LogP contribution in [0.15, 0.2) is 0 Å². The molecule has 0 aliphatic heterocycles. The van der Waals surface area contributed by atoms with E-state index in [0.717, 1.165) is 6.42 Å². The zero-order chi connectivity index (χ0) is 11.0. The van der Waals surface area contributed by atoms with Crippen LogP contribution < -0.4 is 0 Å². The SMILES string of the molecule is COC(=O)CC1(C)CC(C)(C)CC1=O. The number of hydrogen-bond donors (Lipinski definition) is 0.